The van der Waals surface area contributed by atoms with E-state index in [0.29, 0.717) is 17.9 Å². The van der Waals surface area contributed by atoms with E-state index in [9.17, 15) is 9.90 Å². The van der Waals surface area contributed by atoms with Gasteiger partial charge < -0.3 is 16.2 Å². The van der Waals surface area contributed by atoms with Crippen LogP contribution in [0.4, 0.5) is 11.4 Å². The number of halogens is 1. The molecule has 1 heterocycles. The summed E-state index contributed by atoms with van der Waals surface area (Å²) in [4.78, 5) is 11.3. The number of aromatic carboxylic acids is 1. The average Bonchev–Trinajstić information content (AvgIpc) is 2.77. The van der Waals surface area contributed by atoms with Crippen molar-refractivity contribution < 1.29 is 9.90 Å². The number of hydrogen-bond acceptors (Lipinski definition) is 4. The number of carboxylic acid groups (broad SMARTS) is 1. The van der Waals surface area contributed by atoms with Crippen molar-refractivity contribution in [2.75, 3.05) is 11.1 Å². The van der Waals surface area contributed by atoms with Gasteiger partial charge in [0.05, 0.1) is 22.0 Å². The molecule has 6 nitrogen and oxygen atoms in total. The lowest BCUT2D eigenvalue weighted by atomic mass is 10.1. The highest BCUT2D eigenvalue weighted by Gasteiger charge is 2.15. The van der Waals surface area contributed by atoms with Crippen LogP contribution in [0.3, 0.4) is 0 Å². The van der Waals surface area contributed by atoms with E-state index in [1.807, 2.05) is 20.2 Å². The number of nitrogens with two attached hydrogens (primary N) is 1. The van der Waals surface area contributed by atoms with Crippen molar-refractivity contribution in [1.82, 2.24) is 9.78 Å². The SMILES string of the molecule is CCc1nn(C)cc1CNc1c(Cl)cc(N)cc1C(=O)O. The molecule has 0 atom stereocenters. The van der Waals surface area contributed by atoms with Gasteiger partial charge in [0.15, 0.2) is 0 Å². The zero-order chi connectivity index (χ0) is 15.6. The fourth-order valence-electron chi connectivity index (χ4n) is 2.19. The predicted molar refractivity (Wildman–Crippen MR) is 82.7 cm³/mol. The molecule has 1 aromatic carbocycles. The van der Waals surface area contributed by atoms with Crippen LogP contribution < -0.4 is 11.1 Å². The third-order valence-corrected chi connectivity index (χ3v) is 3.42. The van der Waals surface area contributed by atoms with Gasteiger partial charge in [-0.25, -0.2) is 4.79 Å². The predicted octanol–water partition coefficient (Wildman–Crippen LogP) is 2.53. The number of nitrogens with one attached hydrogen (secondary N) is 1. The normalized spacial score (nSPS) is 10.6. The molecule has 2 aromatic rings. The molecule has 7 heteroatoms. The maximum absolute atomic E-state index is 11.3. The number of aryl methyl sites for hydroxylation is 2. The molecule has 0 amide bonds. The van der Waals surface area contributed by atoms with Gasteiger partial charge in [0.25, 0.3) is 0 Å². The van der Waals surface area contributed by atoms with Crippen LogP contribution in [0.15, 0.2) is 18.3 Å². The molecule has 4 N–H and O–H groups in total. The fraction of sp³-hybridized carbons (Fsp3) is 0.286. The summed E-state index contributed by atoms with van der Waals surface area (Å²) in [6.07, 6.45) is 2.70. The second-order valence-corrected chi connectivity index (χ2v) is 5.12. The molecule has 0 aliphatic carbocycles. The summed E-state index contributed by atoms with van der Waals surface area (Å²) in [5.41, 5.74) is 8.34. The van der Waals surface area contributed by atoms with Crippen LogP contribution in [-0.4, -0.2) is 20.9 Å². The molecule has 1 aromatic heterocycles. The van der Waals surface area contributed by atoms with E-state index in [0.717, 1.165) is 17.7 Å². The molecule has 0 spiro atoms. The first-order valence-electron chi connectivity index (χ1n) is 6.50. The summed E-state index contributed by atoms with van der Waals surface area (Å²) in [5, 5.41) is 16.9. The molecule has 0 radical (unpaired) electrons. The van der Waals surface area contributed by atoms with E-state index in [2.05, 4.69) is 10.4 Å². The highest BCUT2D eigenvalue weighted by molar-refractivity contribution is 6.34. The van der Waals surface area contributed by atoms with Crippen molar-refractivity contribution in [3.8, 4) is 0 Å². The maximum Gasteiger partial charge on any atom is 0.337 e. The van der Waals surface area contributed by atoms with Crippen molar-refractivity contribution in [2.45, 2.75) is 19.9 Å². The zero-order valence-corrected chi connectivity index (χ0v) is 12.6. The van der Waals surface area contributed by atoms with Crippen LogP contribution in [0.5, 0.6) is 0 Å². The Morgan fingerprint density at radius 3 is 2.86 bits per heavy atom. The lowest BCUT2D eigenvalue weighted by Gasteiger charge is -2.12. The highest BCUT2D eigenvalue weighted by Crippen LogP contribution is 2.30. The number of nitrogens with zero attached hydrogens (tertiary/aromatic N) is 2. The molecule has 2 rings (SSSR count). The summed E-state index contributed by atoms with van der Waals surface area (Å²) < 4.78 is 1.73. The Bertz CT molecular complexity index is 682. The second kappa shape index (κ2) is 6.05. The van der Waals surface area contributed by atoms with Crippen LogP contribution in [0.25, 0.3) is 0 Å². The van der Waals surface area contributed by atoms with E-state index < -0.39 is 5.97 Å². The molecule has 0 fully saturated rings. The Balaban J connectivity index is 2.29. The summed E-state index contributed by atoms with van der Waals surface area (Å²) in [6, 6.07) is 2.92. The molecule has 112 valence electrons. The molecular weight excluding hydrogens is 292 g/mol. The molecule has 0 saturated carbocycles. The van der Waals surface area contributed by atoms with E-state index in [1.54, 1.807) is 4.68 Å². The van der Waals surface area contributed by atoms with Gasteiger partial charge in [0, 0.05) is 31.0 Å². The van der Waals surface area contributed by atoms with Crippen LogP contribution in [-0.2, 0) is 20.0 Å². The summed E-state index contributed by atoms with van der Waals surface area (Å²) in [5.74, 6) is -1.08. The Kier molecular flexibility index (Phi) is 4.37. The van der Waals surface area contributed by atoms with E-state index in [4.69, 9.17) is 17.3 Å². The van der Waals surface area contributed by atoms with Crippen LogP contribution in [0.2, 0.25) is 5.02 Å². The quantitative estimate of drug-likeness (QED) is 0.738. The third-order valence-electron chi connectivity index (χ3n) is 3.13. The van der Waals surface area contributed by atoms with Crippen LogP contribution >= 0.6 is 11.6 Å². The average molecular weight is 309 g/mol. The second-order valence-electron chi connectivity index (χ2n) is 4.71. The number of hydrogen-bond donors (Lipinski definition) is 3. The molecule has 0 saturated heterocycles. The Morgan fingerprint density at radius 1 is 1.52 bits per heavy atom. The summed E-state index contributed by atoms with van der Waals surface area (Å²) in [7, 11) is 1.85. The van der Waals surface area contributed by atoms with Gasteiger partial charge >= 0.3 is 5.97 Å². The topological polar surface area (TPSA) is 93.2 Å². The fourth-order valence-corrected chi connectivity index (χ4v) is 2.48. The summed E-state index contributed by atoms with van der Waals surface area (Å²) >= 11 is 6.10. The largest absolute Gasteiger partial charge is 0.478 e. The molecule has 0 bridgehead atoms. The highest BCUT2D eigenvalue weighted by atomic mass is 35.5. The first kappa shape index (κ1) is 15.2. The van der Waals surface area contributed by atoms with Crippen LogP contribution in [0.1, 0.15) is 28.5 Å². The van der Waals surface area contributed by atoms with Crippen molar-refractivity contribution >= 4 is 28.9 Å². The first-order chi connectivity index (χ1) is 9.92. The van der Waals surface area contributed by atoms with Gasteiger partial charge in [-0.1, -0.05) is 18.5 Å². The van der Waals surface area contributed by atoms with Crippen molar-refractivity contribution in [1.29, 1.82) is 0 Å². The number of carboxylic acids is 1. The Labute approximate surface area is 127 Å². The number of aromatic nitrogens is 2. The standard InChI is InChI=1S/C14H17ClN4O2/c1-3-12-8(7-19(2)18-12)6-17-13-10(14(20)21)4-9(16)5-11(13)15/h4-5,7,17H,3,6,16H2,1-2H3,(H,20,21). The number of nitrogen functional groups attached to an aromatic ring is 1. The number of carbonyl (C=O) groups is 1. The minimum absolute atomic E-state index is 0.0574. The van der Waals surface area contributed by atoms with Crippen molar-refractivity contribution in [3.05, 3.63) is 40.2 Å². The lowest BCUT2D eigenvalue weighted by Crippen LogP contribution is -2.08. The molecule has 21 heavy (non-hydrogen) atoms. The maximum atomic E-state index is 11.3. The molecular formula is C14H17ClN4O2. The first-order valence-corrected chi connectivity index (χ1v) is 6.87. The van der Waals surface area contributed by atoms with Gasteiger partial charge in [-0.15, -0.1) is 0 Å². The number of benzene rings is 1. The van der Waals surface area contributed by atoms with Gasteiger partial charge in [-0.05, 0) is 18.6 Å². The number of anilines is 2. The number of rotatable bonds is 5. The van der Waals surface area contributed by atoms with Gasteiger partial charge in [-0.3, -0.25) is 4.68 Å². The molecule has 0 aliphatic rings. The van der Waals surface area contributed by atoms with E-state index in [-0.39, 0.29) is 10.6 Å². The molecule has 0 unspecified atom stereocenters. The van der Waals surface area contributed by atoms with E-state index in [1.165, 1.54) is 12.1 Å². The van der Waals surface area contributed by atoms with Crippen molar-refractivity contribution in [3.63, 3.8) is 0 Å². The lowest BCUT2D eigenvalue weighted by molar-refractivity contribution is 0.0698. The van der Waals surface area contributed by atoms with Gasteiger partial charge in [0.2, 0.25) is 0 Å². The minimum atomic E-state index is -1.08. The summed E-state index contributed by atoms with van der Waals surface area (Å²) in [6.45, 7) is 2.46. The third kappa shape index (κ3) is 3.28. The Morgan fingerprint density at radius 2 is 2.24 bits per heavy atom. The van der Waals surface area contributed by atoms with Crippen molar-refractivity contribution in [2.24, 2.45) is 7.05 Å². The zero-order valence-electron chi connectivity index (χ0n) is 11.9. The van der Waals surface area contributed by atoms with Gasteiger partial charge in [0.1, 0.15) is 0 Å². The molecule has 0 aliphatic heterocycles. The monoisotopic (exact) mass is 308 g/mol. The van der Waals surface area contributed by atoms with Gasteiger partial charge in [-0.2, -0.15) is 5.10 Å². The smallest absolute Gasteiger partial charge is 0.337 e. The minimum Gasteiger partial charge on any atom is -0.478 e. The Hall–Kier alpha value is -2.21. The van der Waals surface area contributed by atoms with Crippen LogP contribution in [0, 0.1) is 0 Å². The van der Waals surface area contributed by atoms with E-state index >= 15 is 0 Å².